The molecule has 8 heteroatoms. The summed E-state index contributed by atoms with van der Waals surface area (Å²) in [4.78, 5) is 8.67. The molecule has 0 amide bonds. The van der Waals surface area contributed by atoms with Crippen LogP contribution in [0.25, 0.3) is 17.0 Å². The van der Waals surface area contributed by atoms with E-state index in [0.29, 0.717) is 22.8 Å². The molecule has 0 spiro atoms. The molecule has 3 rings (SSSR count). The predicted molar refractivity (Wildman–Crippen MR) is 85.8 cm³/mol. The van der Waals surface area contributed by atoms with Crippen LogP contribution in [0.4, 0.5) is 0 Å². The van der Waals surface area contributed by atoms with Gasteiger partial charge in [0, 0.05) is 38.2 Å². The van der Waals surface area contributed by atoms with Gasteiger partial charge in [-0.05, 0) is 24.3 Å². The maximum Gasteiger partial charge on any atom is 0.246 e. The average molecular weight is 332 g/mol. The van der Waals surface area contributed by atoms with Crippen LogP contribution >= 0.6 is 0 Å². The summed E-state index contributed by atoms with van der Waals surface area (Å²) >= 11 is 0. The summed E-state index contributed by atoms with van der Waals surface area (Å²) in [5, 5.41) is 0. The summed E-state index contributed by atoms with van der Waals surface area (Å²) in [5.74, 6) is 0.847. The van der Waals surface area contributed by atoms with E-state index in [1.54, 1.807) is 41.1 Å². The van der Waals surface area contributed by atoms with Gasteiger partial charge in [-0.15, -0.1) is 0 Å². The number of imidazole rings is 1. The highest BCUT2D eigenvalue weighted by Crippen LogP contribution is 2.30. The molecule has 3 aromatic rings. The third-order valence-electron chi connectivity index (χ3n) is 3.45. The van der Waals surface area contributed by atoms with E-state index in [2.05, 4.69) is 9.97 Å². The average Bonchev–Trinajstić information content (AvgIpc) is 2.98. The van der Waals surface area contributed by atoms with Crippen molar-refractivity contribution >= 4 is 15.8 Å². The fourth-order valence-electron chi connectivity index (χ4n) is 2.20. The van der Waals surface area contributed by atoms with E-state index in [1.807, 2.05) is 6.20 Å². The molecule has 0 aliphatic carbocycles. The second-order valence-corrected chi connectivity index (χ2v) is 7.23. The van der Waals surface area contributed by atoms with Gasteiger partial charge in [0.25, 0.3) is 0 Å². The molecule has 7 nitrogen and oxygen atoms in total. The van der Waals surface area contributed by atoms with Crippen LogP contribution in [0.2, 0.25) is 0 Å². The van der Waals surface area contributed by atoms with Gasteiger partial charge in [-0.2, -0.15) is 0 Å². The number of benzene rings is 1. The highest BCUT2D eigenvalue weighted by Gasteiger charge is 2.23. The van der Waals surface area contributed by atoms with Gasteiger partial charge in [0.05, 0.1) is 12.8 Å². The minimum absolute atomic E-state index is 0.104. The lowest BCUT2D eigenvalue weighted by atomic mass is 10.1. The number of fused-ring (bicyclic) bond motifs is 1. The normalized spacial score (nSPS) is 12.0. The van der Waals surface area contributed by atoms with Crippen molar-refractivity contribution in [2.75, 3.05) is 21.2 Å². The molecule has 0 unspecified atom stereocenters. The number of sulfonamides is 1. The summed E-state index contributed by atoms with van der Waals surface area (Å²) in [5.41, 5.74) is 1.32. The maximum atomic E-state index is 12.5. The number of hydrogen-bond acceptors (Lipinski definition) is 5. The van der Waals surface area contributed by atoms with Crippen molar-refractivity contribution in [3.8, 4) is 17.0 Å². The summed E-state index contributed by atoms with van der Waals surface area (Å²) in [7, 11) is 0.786. The quantitative estimate of drug-likeness (QED) is 0.726. The van der Waals surface area contributed by atoms with E-state index in [9.17, 15) is 8.42 Å². The second kappa shape index (κ2) is 5.64. The molecular weight excluding hydrogens is 316 g/mol. The number of aromatic nitrogens is 3. The maximum absolute atomic E-state index is 12.5. The number of methoxy groups -OCH3 is 1. The molecular formula is C15H16N4O3S. The van der Waals surface area contributed by atoms with Crippen molar-refractivity contribution in [3.05, 3.63) is 42.9 Å². The van der Waals surface area contributed by atoms with E-state index in [0.717, 1.165) is 4.31 Å². The van der Waals surface area contributed by atoms with E-state index < -0.39 is 10.0 Å². The Hall–Kier alpha value is -2.45. The number of hydrogen-bond donors (Lipinski definition) is 0. The van der Waals surface area contributed by atoms with Gasteiger partial charge in [-0.1, -0.05) is 0 Å². The van der Waals surface area contributed by atoms with E-state index >= 15 is 0 Å². The lowest BCUT2D eigenvalue weighted by Gasteiger charge is -2.15. The Bertz CT molecular complexity index is 931. The minimum Gasteiger partial charge on any atom is -0.495 e. The second-order valence-electron chi connectivity index (χ2n) is 5.11. The van der Waals surface area contributed by atoms with Crippen molar-refractivity contribution < 1.29 is 13.2 Å². The lowest BCUT2D eigenvalue weighted by Crippen LogP contribution is -2.22. The highest BCUT2D eigenvalue weighted by molar-refractivity contribution is 7.89. The van der Waals surface area contributed by atoms with Crippen LogP contribution in [0.5, 0.6) is 5.75 Å². The minimum atomic E-state index is -3.62. The van der Waals surface area contributed by atoms with Crippen molar-refractivity contribution in [1.29, 1.82) is 0 Å². The first kappa shape index (κ1) is 15.4. The van der Waals surface area contributed by atoms with Crippen LogP contribution in [0.1, 0.15) is 0 Å². The van der Waals surface area contributed by atoms with Crippen LogP contribution in [-0.2, 0) is 10.0 Å². The van der Waals surface area contributed by atoms with Gasteiger partial charge in [0.2, 0.25) is 15.8 Å². The summed E-state index contributed by atoms with van der Waals surface area (Å²) in [6.45, 7) is 0. The molecule has 0 radical (unpaired) electrons. The van der Waals surface area contributed by atoms with E-state index in [4.69, 9.17) is 4.74 Å². The van der Waals surface area contributed by atoms with Crippen LogP contribution in [0, 0.1) is 0 Å². The number of rotatable bonds is 4. The zero-order valence-electron chi connectivity index (χ0n) is 13.0. The van der Waals surface area contributed by atoms with Crippen molar-refractivity contribution in [3.63, 3.8) is 0 Å². The Labute approximate surface area is 134 Å². The molecule has 0 fully saturated rings. The molecule has 0 aliphatic rings. The Morgan fingerprint density at radius 2 is 2.04 bits per heavy atom. The van der Waals surface area contributed by atoms with Crippen molar-refractivity contribution in [2.45, 2.75) is 4.90 Å². The lowest BCUT2D eigenvalue weighted by molar-refractivity contribution is 0.400. The zero-order chi connectivity index (χ0) is 16.6. The van der Waals surface area contributed by atoms with Crippen LogP contribution in [-0.4, -0.2) is 48.3 Å². The summed E-state index contributed by atoms with van der Waals surface area (Å²) in [6, 6.07) is 6.77. The molecule has 0 aliphatic heterocycles. The molecule has 0 N–H and O–H groups in total. The van der Waals surface area contributed by atoms with E-state index in [-0.39, 0.29) is 4.90 Å². The standard InChI is InChI=1S/C15H16N4O3S/c1-18(2)23(20,21)14-9-11(5-6-13(14)22-3)12-10-19-8-4-7-16-15(19)17-12/h4-10H,1-3H3. The van der Waals surface area contributed by atoms with Crippen molar-refractivity contribution in [2.24, 2.45) is 0 Å². The molecule has 2 heterocycles. The molecule has 2 aromatic heterocycles. The first-order valence-corrected chi connectivity index (χ1v) is 8.28. The van der Waals surface area contributed by atoms with E-state index in [1.165, 1.54) is 21.2 Å². The molecule has 0 bridgehead atoms. The fraction of sp³-hybridized carbons (Fsp3) is 0.200. The summed E-state index contributed by atoms with van der Waals surface area (Å²) < 4.78 is 33.1. The van der Waals surface area contributed by atoms with Gasteiger partial charge < -0.3 is 4.74 Å². The van der Waals surface area contributed by atoms with Gasteiger partial charge in [-0.3, -0.25) is 4.40 Å². The first-order valence-electron chi connectivity index (χ1n) is 6.84. The Balaban J connectivity index is 2.18. The smallest absolute Gasteiger partial charge is 0.246 e. The van der Waals surface area contributed by atoms with Crippen LogP contribution in [0.3, 0.4) is 0 Å². The largest absolute Gasteiger partial charge is 0.495 e. The topological polar surface area (TPSA) is 76.8 Å². The zero-order valence-corrected chi connectivity index (χ0v) is 13.8. The molecule has 120 valence electrons. The number of ether oxygens (including phenoxy) is 1. The SMILES string of the molecule is COc1ccc(-c2cn3cccnc3n2)cc1S(=O)(=O)N(C)C. The molecule has 23 heavy (non-hydrogen) atoms. The van der Waals surface area contributed by atoms with Crippen molar-refractivity contribution in [1.82, 2.24) is 18.7 Å². The fourth-order valence-corrected chi connectivity index (χ4v) is 3.28. The first-order chi connectivity index (χ1) is 10.9. The molecule has 0 saturated heterocycles. The number of nitrogens with zero attached hydrogens (tertiary/aromatic N) is 4. The Morgan fingerprint density at radius 3 is 2.70 bits per heavy atom. The molecule has 0 atom stereocenters. The van der Waals surface area contributed by atoms with Crippen LogP contribution in [0.15, 0.2) is 47.8 Å². The van der Waals surface area contributed by atoms with Crippen LogP contribution < -0.4 is 4.74 Å². The monoisotopic (exact) mass is 332 g/mol. The highest BCUT2D eigenvalue weighted by atomic mass is 32.2. The molecule has 0 saturated carbocycles. The predicted octanol–water partition coefficient (Wildman–Crippen LogP) is 1.66. The van der Waals surface area contributed by atoms with Gasteiger partial charge in [0.1, 0.15) is 10.6 Å². The molecule has 1 aromatic carbocycles. The third-order valence-corrected chi connectivity index (χ3v) is 5.29. The Morgan fingerprint density at radius 1 is 1.26 bits per heavy atom. The third kappa shape index (κ3) is 2.66. The summed E-state index contributed by atoms with van der Waals surface area (Å²) in [6.07, 6.45) is 5.29. The van der Waals surface area contributed by atoms with Gasteiger partial charge in [-0.25, -0.2) is 22.7 Å². The van der Waals surface area contributed by atoms with Gasteiger partial charge >= 0.3 is 0 Å². The van der Waals surface area contributed by atoms with Gasteiger partial charge in [0.15, 0.2) is 0 Å². The Kier molecular flexibility index (Phi) is 3.78.